The van der Waals surface area contributed by atoms with Crippen LogP contribution in [0.3, 0.4) is 0 Å². The number of nitrogens with one attached hydrogen (secondary N) is 1. The first-order valence-electron chi connectivity index (χ1n) is 6.37. The van der Waals surface area contributed by atoms with Crippen LogP contribution in [-0.2, 0) is 22.6 Å². The minimum absolute atomic E-state index is 0.0997. The lowest BCUT2D eigenvalue weighted by atomic mass is 10.1. The Morgan fingerprint density at radius 1 is 1.42 bits per heavy atom. The maximum absolute atomic E-state index is 11.5. The molecule has 0 radical (unpaired) electrons. The summed E-state index contributed by atoms with van der Waals surface area (Å²) in [4.78, 5) is 21.9. The predicted molar refractivity (Wildman–Crippen MR) is 68.5 cm³/mol. The molecule has 0 saturated carbocycles. The number of aryl methyl sites for hydroxylation is 1. The van der Waals surface area contributed by atoms with Gasteiger partial charge in [0.25, 0.3) is 0 Å². The van der Waals surface area contributed by atoms with E-state index in [2.05, 4.69) is 15.6 Å². The average Bonchev–Trinajstić information content (AvgIpc) is 2.70. The summed E-state index contributed by atoms with van der Waals surface area (Å²) in [5.41, 5.74) is 0.780. The van der Waals surface area contributed by atoms with Crippen molar-refractivity contribution in [2.45, 2.75) is 52.1 Å². The number of carboxylic acids is 1. The van der Waals surface area contributed by atoms with Crippen LogP contribution in [0.15, 0.2) is 6.20 Å². The fraction of sp³-hybridized carbons (Fsp3) is 0.667. The van der Waals surface area contributed by atoms with Gasteiger partial charge < -0.3 is 10.4 Å². The summed E-state index contributed by atoms with van der Waals surface area (Å²) in [6.07, 6.45) is 3.95. The molecule has 106 valence electrons. The van der Waals surface area contributed by atoms with Gasteiger partial charge in [0.2, 0.25) is 5.91 Å². The third kappa shape index (κ3) is 6.54. The molecule has 0 fully saturated rings. The second-order valence-corrected chi connectivity index (χ2v) is 4.73. The van der Waals surface area contributed by atoms with E-state index in [0.717, 1.165) is 12.1 Å². The van der Waals surface area contributed by atoms with Gasteiger partial charge in [0.15, 0.2) is 0 Å². The van der Waals surface area contributed by atoms with Crippen LogP contribution in [0.25, 0.3) is 0 Å². The van der Waals surface area contributed by atoms with Crippen molar-refractivity contribution in [1.29, 1.82) is 0 Å². The molecule has 2 N–H and O–H groups in total. The Bertz CT molecular complexity index is 428. The van der Waals surface area contributed by atoms with Crippen LogP contribution in [0.4, 0.5) is 0 Å². The molecule has 0 unspecified atom stereocenters. The highest BCUT2D eigenvalue weighted by Crippen LogP contribution is 2.03. The van der Waals surface area contributed by atoms with Gasteiger partial charge in [-0.1, -0.05) is 5.21 Å². The van der Waals surface area contributed by atoms with Crippen molar-refractivity contribution < 1.29 is 14.7 Å². The normalized spacial score (nSPS) is 10.7. The maximum Gasteiger partial charge on any atom is 0.303 e. The quantitative estimate of drug-likeness (QED) is 0.673. The Balaban J connectivity index is 2.31. The summed E-state index contributed by atoms with van der Waals surface area (Å²) in [5.74, 6) is -0.883. The summed E-state index contributed by atoms with van der Waals surface area (Å²) in [5, 5.41) is 19.1. The standard InChI is InChI=1S/C12H20N4O3/c1-9(2)13-11(17)8-16-7-10(14-15-16)5-3-4-6-12(18)19/h7,9H,3-6,8H2,1-2H3,(H,13,17)(H,18,19). The number of hydrogen-bond acceptors (Lipinski definition) is 4. The van der Waals surface area contributed by atoms with Crippen molar-refractivity contribution in [2.24, 2.45) is 0 Å². The first kappa shape index (κ1) is 15.1. The topological polar surface area (TPSA) is 97.1 Å². The Hall–Kier alpha value is -1.92. The molecule has 1 aromatic heterocycles. The fourth-order valence-corrected chi connectivity index (χ4v) is 1.63. The first-order valence-corrected chi connectivity index (χ1v) is 6.37. The molecular formula is C12H20N4O3. The summed E-state index contributed by atoms with van der Waals surface area (Å²) < 4.78 is 1.49. The summed E-state index contributed by atoms with van der Waals surface area (Å²) in [6.45, 7) is 3.94. The number of aliphatic carboxylic acids is 1. The van der Waals surface area contributed by atoms with Gasteiger partial charge in [0, 0.05) is 18.7 Å². The van der Waals surface area contributed by atoms with Gasteiger partial charge in [0.05, 0.1) is 5.69 Å². The van der Waals surface area contributed by atoms with E-state index in [9.17, 15) is 9.59 Å². The van der Waals surface area contributed by atoms with Crippen molar-refractivity contribution in [3.63, 3.8) is 0 Å². The minimum atomic E-state index is -0.783. The van der Waals surface area contributed by atoms with Gasteiger partial charge in [-0.2, -0.15) is 0 Å². The number of amides is 1. The van der Waals surface area contributed by atoms with Crippen LogP contribution in [-0.4, -0.2) is 38.0 Å². The van der Waals surface area contributed by atoms with Crippen LogP contribution >= 0.6 is 0 Å². The molecule has 7 nitrogen and oxygen atoms in total. The van der Waals surface area contributed by atoms with Crippen molar-refractivity contribution in [3.05, 3.63) is 11.9 Å². The van der Waals surface area contributed by atoms with Crippen LogP contribution in [0.2, 0.25) is 0 Å². The molecule has 0 aliphatic carbocycles. The Morgan fingerprint density at radius 3 is 2.79 bits per heavy atom. The molecule has 1 rings (SSSR count). The van der Waals surface area contributed by atoms with Crippen molar-refractivity contribution >= 4 is 11.9 Å². The molecule has 1 aromatic rings. The lowest BCUT2D eigenvalue weighted by Gasteiger charge is -2.07. The Labute approximate surface area is 112 Å². The SMILES string of the molecule is CC(C)NC(=O)Cn1cc(CCCCC(=O)O)nn1. The molecule has 0 aromatic carbocycles. The zero-order valence-electron chi connectivity index (χ0n) is 11.3. The van der Waals surface area contributed by atoms with E-state index in [1.807, 2.05) is 13.8 Å². The predicted octanol–water partition coefficient (Wildman–Crippen LogP) is 0.600. The maximum atomic E-state index is 11.5. The number of nitrogens with zero attached hydrogens (tertiary/aromatic N) is 3. The molecule has 0 aliphatic heterocycles. The van der Waals surface area contributed by atoms with Crippen LogP contribution in [0, 0.1) is 0 Å². The number of rotatable bonds is 8. The van der Waals surface area contributed by atoms with Gasteiger partial charge in [-0.25, -0.2) is 4.68 Å². The molecule has 7 heteroatoms. The number of unbranched alkanes of at least 4 members (excludes halogenated alkanes) is 1. The molecule has 0 atom stereocenters. The monoisotopic (exact) mass is 268 g/mol. The molecule has 0 spiro atoms. The van der Waals surface area contributed by atoms with Crippen molar-refractivity contribution in [2.75, 3.05) is 0 Å². The van der Waals surface area contributed by atoms with Gasteiger partial charge in [-0.05, 0) is 33.1 Å². The van der Waals surface area contributed by atoms with E-state index in [1.165, 1.54) is 4.68 Å². The van der Waals surface area contributed by atoms with E-state index < -0.39 is 5.97 Å². The zero-order chi connectivity index (χ0) is 14.3. The third-order valence-corrected chi connectivity index (χ3v) is 2.41. The van der Waals surface area contributed by atoms with Crippen LogP contribution in [0.1, 0.15) is 38.8 Å². The highest BCUT2D eigenvalue weighted by atomic mass is 16.4. The fourth-order valence-electron chi connectivity index (χ4n) is 1.63. The number of aromatic nitrogens is 3. The lowest BCUT2D eigenvalue weighted by Crippen LogP contribution is -2.33. The largest absolute Gasteiger partial charge is 0.481 e. The molecule has 1 amide bonds. The lowest BCUT2D eigenvalue weighted by molar-refractivity contribution is -0.137. The van der Waals surface area contributed by atoms with E-state index in [4.69, 9.17) is 5.11 Å². The highest BCUT2D eigenvalue weighted by molar-refractivity contribution is 5.75. The van der Waals surface area contributed by atoms with Gasteiger partial charge >= 0.3 is 5.97 Å². The molecule has 0 bridgehead atoms. The second-order valence-electron chi connectivity index (χ2n) is 4.73. The van der Waals surface area contributed by atoms with E-state index in [0.29, 0.717) is 12.8 Å². The number of carboxylic acid groups (broad SMARTS) is 1. The van der Waals surface area contributed by atoms with Gasteiger partial charge in [-0.15, -0.1) is 5.10 Å². The second kappa shape index (κ2) is 7.50. The average molecular weight is 268 g/mol. The molecule has 0 saturated heterocycles. The smallest absolute Gasteiger partial charge is 0.303 e. The van der Waals surface area contributed by atoms with Crippen molar-refractivity contribution in [1.82, 2.24) is 20.3 Å². The van der Waals surface area contributed by atoms with E-state index in [1.54, 1.807) is 6.20 Å². The zero-order valence-corrected chi connectivity index (χ0v) is 11.3. The summed E-state index contributed by atoms with van der Waals surface area (Å²) in [6, 6.07) is 0.103. The molecule has 1 heterocycles. The minimum Gasteiger partial charge on any atom is -0.481 e. The first-order chi connectivity index (χ1) is 8.97. The number of carbonyl (C=O) groups excluding carboxylic acids is 1. The summed E-state index contributed by atoms with van der Waals surface area (Å²) >= 11 is 0. The van der Waals surface area contributed by atoms with Crippen LogP contribution in [0.5, 0.6) is 0 Å². The van der Waals surface area contributed by atoms with Gasteiger partial charge in [0.1, 0.15) is 6.54 Å². The van der Waals surface area contributed by atoms with Crippen LogP contribution < -0.4 is 5.32 Å². The number of carbonyl (C=O) groups is 2. The number of hydrogen-bond donors (Lipinski definition) is 2. The van der Waals surface area contributed by atoms with E-state index >= 15 is 0 Å². The van der Waals surface area contributed by atoms with Gasteiger partial charge in [-0.3, -0.25) is 9.59 Å². The summed E-state index contributed by atoms with van der Waals surface area (Å²) in [7, 11) is 0. The highest BCUT2D eigenvalue weighted by Gasteiger charge is 2.07. The van der Waals surface area contributed by atoms with Crippen molar-refractivity contribution in [3.8, 4) is 0 Å². The molecule has 19 heavy (non-hydrogen) atoms. The van der Waals surface area contributed by atoms with E-state index in [-0.39, 0.29) is 24.9 Å². The molecule has 0 aliphatic rings. The third-order valence-electron chi connectivity index (χ3n) is 2.41. The Morgan fingerprint density at radius 2 is 2.16 bits per heavy atom. The Kier molecular flexibility index (Phi) is 5.98. The molecular weight excluding hydrogens is 248 g/mol.